The van der Waals surface area contributed by atoms with Crippen molar-refractivity contribution in [3.63, 3.8) is 0 Å². The number of nitriles is 1. The zero-order chi connectivity index (χ0) is 10.6. The normalized spacial score (nSPS) is 29.9. The molecule has 0 bridgehead atoms. The molecule has 80 valence electrons. The summed E-state index contributed by atoms with van der Waals surface area (Å²) >= 11 is 0. The van der Waals surface area contributed by atoms with Crippen molar-refractivity contribution in [3.8, 4) is 6.07 Å². The molecule has 0 saturated carbocycles. The minimum atomic E-state index is -0.218. The van der Waals surface area contributed by atoms with E-state index < -0.39 is 0 Å². The zero-order valence-corrected chi connectivity index (χ0v) is 9.58. The quantitative estimate of drug-likeness (QED) is 0.665. The maximum absolute atomic E-state index is 9.29. The van der Waals surface area contributed by atoms with Crippen molar-refractivity contribution in [2.75, 3.05) is 33.7 Å². The van der Waals surface area contributed by atoms with Gasteiger partial charge in [0.15, 0.2) is 0 Å². The SMILES string of the molecule is CCN1CCCC(C#N)(N(C)C)CC1. The maximum Gasteiger partial charge on any atom is 0.110 e. The van der Waals surface area contributed by atoms with Crippen LogP contribution < -0.4 is 0 Å². The number of likely N-dealkylation sites (tertiary alicyclic amines) is 1. The molecule has 0 N–H and O–H groups in total. The Balaban J connectivity index is 2.68. The van der Waals surface area contributed by atoms with Crippen molar-refractivity contribution in [1.82, 2.24) is 9.80 Å². The van der Waals surface area contributed by atoms with E-state index in [1.165, 1.54) is 0 Å². The van der Waals surface area contributed by atoms with Crippen molar-refractivity contribution in [2.45, 2.75) is 31.7 Å². The molecule has 1 unspecified atom stereocenters. The fraction of sp³-hybridized carbons (Fsp3) is 0.909. The Morgan fingerprint density at radius 2 is 2.07 bits per heavy atom. The summed E-state index contributed by atoms with van der Waals surface area (Å²) in [6.07, 6.45) is 3.12. The molecule has 1 aliphatic heterocycles. The molecule has 0 aromatic rings. The lowest BCUT2D eigenvalue weighted by molar-refractivity contribution is 0.188. The number of hydrogen-bond donors (Lipinski definition) is 0. The van der Waals surface area contributed by atoms with E-state index in [1.807, 2.05) is 14.1 Å². The lowest BCUT2D eigenvalue weighted by Gasteiger charge is -2.32. The third-order valence-electron chi connectivity index (χ3n) is 3.42. The van der Waals surface area contributed by atoms with Crippen molar-refractivity contribution < 1.29 is 0 Å². The fourth-order valence-electron chi connectivity index (χ4n) is 2.15. The molecule has 0 aliphatic carbocycles. The predicted molar refractivity (Wildman–Crippen MR) is 58.0 cm³/mol. The standard InChI is InChI=1S/C11H21N3/c1-4-14-8-5-6-11(10-12,7-9-14)13(2)3/h4-9H2,1-3H3. The summed E-state index contributed by atoms with van der Waals surface area (Å²) in [4.78, 5) is 4.52. The Morgan fingerprint density at radius 3 is 2.57 bits per heavy atom. The summed E-state index contributed by atoms with van der Waals surface area (Å²) in [5.74, 6) is 0. The molecule has 0 aromatic heterocycles. The fourth-order valence-corrected chi connectivity index (χ4v) is 2.15. The second-order valence-corrected chi connectivity index (χ2v) is 4.33. The summed E-state index contributed by atoms with van der Waals surface area (Å²) in [7, 11) is 4.04. The summed E-state index contributed by atoms with van der Waals surface area (Å²) < 4.78 is 0. The van der Waals surface area contributed by atoms with Gasteiger partial charge in [-0.3, -0.25) is 4.90 Å². The van der Waals surface area contributed by atoms with Gasteiger partial charge in [0.25, 0.3) is 0 Å². The van der Waals surface area contributed by atoms with E-state index in [4.69, 9.17) is 0 Å². The molecule has 3 heteroatoms. The van der Waals surface area contributed by atoms with Gasteiger partial charge >= 0.3 is 0 Å². The Kier molecular flexibility index (Phi) is 3.91. The smallest absolute Gasteiger partial charge is 0.110 e. The van der Waals surface area contributed by atoms with Crippen LogP contribution in [0.3, 0.4) is 0 Å². The van der Waals surface area contributed by atoms with Crippen LogP contribution in [0.2, 0.25) is 0 Å². The summed E-state index contributed by atoms with van der Waals surface area (Å²) in [5.41, 5.74) is -0.218. The van der Waals surface area contributed by atoms with Gasteiger partial charge in [0.2, 0.25) is 0 Å². The van der Waals surface area contributed by atoms with Crippen LogP contribution in [0.5, 0.6) is 0 Å². The minimum absolute atomic E-state index is 0.218. The van der Waals surface area contributed by atoms with Crippen LogP contribution in [0, 0.1) is 11.3 Å². The highest BCUT2D eigenvalue weighted by Crippen LogP contribution is 2.26. The van der Waals surface area contributed by atoms with Crippen LogP contribution in [0.4, 0.5) is 0 Å². The van der Waals surface area contributed by atoms with Gasteiger partial charge in [0.05, 0.1) is 6.07 Å². The molecule has 1 heterocycles. The topological polar surface area (TPSA) is 30.3 Å². The van der Waals surface area contributed by atoms with E-state index in [0.717, 1.165) is 38.9 Å². The second-order valence-electron chi connectivity index (χ2n) is 4.33. The minimum Gasteiger partial charge on any atom is -0.304 e. The first kappa shape index (κ1) is 11.5. The summed E-state index contributed by atoms with van der Waals surface area (Å²) in [6, 6.07) is 2.50. The third-order valence-corrected chi connectivity index (χ3v) is 3.42. The van der Waals surface area contributed by atoms with Gasteiger partial charge < -0.3 is 4.90 Å². The van der Waals surface area contributed by atoms with Crippen LogP contribution in [0.1, 0.15) is 26.2 Å². The number of nitrogens with zero attached hydrogens (tertiary/aromatic N) is 3. The Morgan fingerprint density at radius 1 is 1.36 bits per heavy atom. The van der Waals surface area contributed by atoms with Gasteiger partial charge in [0.1, 0.15) is 5.54 Å². The van der Waals surface area contributed by atoms with E-state index in [0.29, 0.717) is 0 Å². The number of rotatable bonds is 2. The molecule has 0 amide bonds. The summed E-state index contributed by atoms with van der Waals surface area (Å²) in [5, 5.41) is 9.29. The van der Waals surface area contributed by atoms with Gasteiger partial charge in [-0.2, -0.15) is 5.26 Å². The number of hydrogen-bond acceptors (Lipinski definition) is 3. The van der Waals surface area contributed by atoms with Gasteiger partial charge in [-0.15, -0.1) is 0 Å². The molecule has 1 rings (SSSR count). The first-order valence-corrected chi connectivity index (χ1v) is 5.45. The molecule has 0 spiro atoms. The van der Waals surface area contributed by atoms with E-state index in [-0.39, 0.29) is 5.54 Å². The molecule has 14 heavy (non-hydrogen) atoms. The van der Waals surface area contributed by atoms with Crippen molar-refractivity contribution in [2.24, 2.45) is 0 Å². The average Bonchev–Trinajstić information content (AvgIpc) is 2.40. The molecule has 1 fully saturated rings. The van der Waals surface area contributed by atoms with Crippen molar-refractivity contribution >= 4 is 0 Å². The molecule has 0 aromatic carbocycles. The van der Waals surface area contributed by atoms with Gasteiger partial charge in [-0.25, -0.2) is 0 Å². The van der Waals surface area contributed by atoms with Crippen molar-refractivity contribution in [3.05, 3.63) is 0 Å². The maximum atomic E-state index is 9.29. The van der Waals surface area contributed by atoms with E-state index in [2.05, 4.69) is 22.8 Å². The van der Waals surface area contributed by atoms with Crippen LogP contribution in [-0.2, 0) is 0 Å². The largest absolute Gasteiger partial charge is 0.304 e. The lowest BCUT2D eigenvalue weighted by atomic mass is 9.91. The van der Waals surface area contributed by atoms with Gasteiger partial charge in [0, 0.05) is 6.54 Å². The molecule has 1 atom stereocenters. The van der Waals surface area contributed by atoms with E-state index >= 15 is 0 Å². The molecule has 0 radical (unpaired) electrons. The molecular formula is C11H21N3. The Hall–Kier alpha value is -0.590. The predicted octanol–water partition coefficient (Wildman–Crippen LogP) is 1.32. The van der Waals surface area contributed by atoms with Gasteiger partial charge in [-0.05, 0) is 46.4 Å². The molecule has 1 aliphatic rings. The Bertz CT molecular complexity index is 219. The van der Waals surface area contributed by atoms with Crippen molar-refractivity contribution in [1.29, 1.82) is 5.26 Å². The van der Waals surface area contributed by atoms with E-state index in [1.54, 1.807) is 0 Å². The highest BCUT2D eigenvalue weighted by molar-refractivity contribution is 5.08. The van der Waals surface area contributed by atoms with Crippen LogP contribution in [0.25, 0.3) is 0 Å². The Labute approximate surface area is 87.3 Å². The first-order chi connectivity index (χ1) is 6.64. The molecular weight excluding hydrogens is 174 g/mol. The average molecular weight is 195 g/mol. The second kappa shape index (κ2) is 4.77. The van der Waals surface area contributed by atoms with Crippen LogP contribution >= 0.6 is 0 Å². The van der Waals surface area contributed by atoms with E-state index in [9.17, 15) is 5.26 Å². The monoisotopic (exact) mass is 195 g/mol. The third kappa shape index (κ3) is 2.26. The van der Waals surface area contributed by atoms with Crippen LogP contribution in [-0.4, -0.2) is 49.1 Å². The lowest BCUT2D eigenvalue weighted by Crippen LogP contribution is -2.43. The van der Waals surface area contributed by atoms with Gasteiger partial charge in [-0.1, -0.05) is 6.92 Å². The first-order valence-electron chi connectivity index (χ1n) is 5.45. The highest BCUT2D eigenvalue weighted by atomic mass is 15.2. The zero-order valence-electron chi connectivity index (χ0n) is 9.58. The van der Waals surface area contributed by atoms with Crippen LogP contribution in [0.15, 0.2) is 0 Å². The summed E-state index contributed by atoms with van der Waals surface area (Å²) in [6.45, 7) is 5.50. The molecule has 1 saturated heterocycles. The molecule has 3 nitrogen and oxygen atoms in total. The highest BCUT2D eigenvalue weighted by Gasteiger charge is 2.34.